The molecule has 1 saturated carbocycles. The van der Waals surface area contributed by atoms with Crippen molar-refractivity contribution in [1.29, 1.82) is 0 Å². The third-order valence-electron chi connectivity index (χ3n) is 4.21. The van der Waals surface area contributed by atoms with Crippen LogP contribution in [0.1, 0.15) is 32.0 Å². The number of ether oxygens (including phenoxy) is 1. The van der Waals surface area contributed by atoms with Crippen molar-refractivity contribution in [2.24, 2.45) is 11.8 Å². The van der Waals surface area contributed by atoms with Crippen molar-refractivity contribution in [1.82, 2.24) is 9.97 Å². The second-order valence-electron chi connectivity index (χ2n) is 5.46. The molecule has 3 rings (SSSR count). The van der Waals surface area contributed by atoms with Gasteiger partial charge in [-0.2, -0.15) is 0 Å². The molecule has 19 heavy (non-hydrogen) atoms. The van der Waals surface area contributed by atoms with Crippen molar-refractivity contribution in [3.05, 3.63) is 17.0 Å². The van der Waals surface area contributed by atoms with Gasteiger partial charge in [-0.25, -0.2) is 9.97 Å². The predicted octanol–water partition coefficient (Wildman–Crippen LogP) is 2.90. The summed E-state index contributed by atoms with van der Waals surface area (Å²) in [6.45, 7) is 5.30. The minimum absolute atomic E-state index is 0.435. The Morgan fingerprint density at radius 1 is 1.32 bits per heavy atom. The van der Waals surface area contributed by atoms with Gasteiger partial charge in [0, 0.05) is 25.8 Å². The lowest BCUT2D eigenvalue weighted by atomic mass is 10.0. The number of halogens is 1. The van der Waals surface area contributed by atoms with Crippen molar-refractivity contribution < 1.29 is 4.74 Å². The first-order chi connectivity index (χ1) is 9.26. The highest BCUT2D eigenvalue weighted by Crippen LogP contribution is 2.39. The van der Waals surface area contributed by atoms with Gasteiger partial charge in [-0.05, 0) is 31.6 Å². The van der Waals surface area contributed by atoms with Crippen LogP contribution in [-0.4, -0.2) is 29.7 Å². The monoisotopic (exact) mass is 281 g/mol. The molecule has 2 atom stereocenters. The molecule has 1 aromatic rings. The molecule has 1 aromatic heterocycles. The maximum Gasteiger partial charge on any atom is 0.158 e. The normalized spacial score (nSPS) is 25.9. The van der Waals surface area contributed by atoms with Gasteiger partial charge in [-0.15, -0.1) is 0 Å². The van der Waals surface area contributed by atoms with E-state index in [-0.39, 0.29) is 0 Å². The van der Waals surface area contributed by atoms with Gasteiger partial charge in [0.1, 0.15) is 17.6 Å². The molecular formula is C14H20ClN3O. The molecule has 1 aliphatic heterocycles. The second kappa shape index (κ2) is 5.63. The molecule has 2 unspecified atom stereocenters. The minimum Gasteiger partial charge on any atom is -0.374 e. The number of anilines is 1. The molecule has 2 fully saturated rings. The Morgan fingerprint density at radius 3 is 2.74 bits per heavy atom. The largest absolute Gasteiger partial charge is 0.374 e. The summed E-state index contributed by atoms with van der Waals surface area (Å²) < 4.78 is 5.36. The zero-order valence-electron chi connectivity index (χ0n) is 11.3. The van der Waals surface area contributed by atoms with Crippen molar-refractivity contribution >= 4 is 17.4 Å². The highest BCUT2D eigenvalue weighted by molar-refractivity contribution is 6.29. The minimum atomic E-state index is 0.435. The molecule has 5 heteroatoms. The first kappa shape index (κ1) is 13.1. The number of hydrogen-bond acceptors (Lipinski definition) is 4. The van der Waals surface area contributed by atoms with Crippen LogP contribution in [0.5, 0.6) is 0 Å². The average molecular weight is 282 g/mol. The fourth-order valence-electron chi connectivity index (χ4n) is 3.29. The van der Waals surface area contributed by atoms with E-state index in [0.29, 0.717) is 24.2 Å². The molecule has 2 aliphatic rings. The van der Waals surface area contributed by atoms with Crippen LogP contribution in [0.25, 0.3) is 0 Å². The van der Waals surface area contributed by atoms with E-state index in [0.717, 1.165) is 30.7 Å². The smallest absolute Gasteiger partial charge is 0.158 e. The average Bonchev–Trinajstić information content (AvgIpc) is 2.96. The topological polar surface area (TPSA) is 38.2 Å². The molecule has 4 nitrogen and oxygen atoms in total. The van der Waals surface area contributed by atoms with Crippen LogP contribution >= 0.6 is 11.6 Å². The summed E-state index contributed by atoms with van der Waals surface area (Å²) in [5.41, 5.74) is 0. The molecule has 2 heterocycles. The van der Waals surface area contributed by atoms with Crippen molar-refractivity contribution in [3.63, 3.8) is 0 Å². The summed E-state index contributed by atoms with van der Waals surface area (Å²) >= 11 is 6.09. The molecular weight excluding hydrogens is 262 g/mol. The van der Waals surface area contributed by atoms with Crippen LogP contribution in [0.3, 0.4) is 0 Å². The summed E-state index contributed by atoms with van der Waals surface area (Å²) in [6.07, 6.45) is 4.13. The first-order valence-electron chi connectivity index (χ1n) is 7.12. The van der Waals surface area contributed by atoms with Gasteiger partial charge >= 0.3 is 0 Å². The third-order valence-corrected chi connectivity index (χ3v) is 4.41. The van der Waals surface area contributed by atoms with Gasteiger partial charge < -0.3 is 9.64 Å². The maximum atomic E-state index is 6.09. The van der Waals surface area contributed by atoms with E-state index >= 15 is 0 Å². The van der Waals surface area contributed by atoms with Gasteiger partial charge in [0.2, 0.25) is 0 Å². The van der Waals surface area contributed by atoms with E-state index < -0.39 is 0 Å². The summed E-state index contributed by atoms with van der Waals surface area (Å²) in [6, 6.07) is 1.87. The predicted molar refractivity (Wildman–Crippen MR) is 75.4 cm³/mol. The number of rotatable bonds is 4. The second-order valence-corrected chi connectivity index (χ2v) is 5.85. The molecule has 0 spiro atoms. The SMILES string of the molecule is CCOCc1nc(Cl)cc(N2CC3CCCC3C2)n1. The Labute approximate surface area is 119 Å². The zero-order chi connectivity index (χ0) is 13.2. The summed E-state index contributed by atoms with van der Waals surface area (Å²) in [7, 11) is 0. The maximum absolute atomic E-state index is 6.09. The van der Waals surface area contributed by atoms with E-state index in [9.17, 15) is 0 Å². The van der Waals surface area contributed by atoms with Crippen LogP contribution in [0.15, 0.2) is 6.07 Å². The highest BCUT2D eigenvalue weighted by atomic mass is 35.5. The van der Waals surface area contributed by atoms with Gasteiger partial charge in [-0.3, -0.25) is 0 Å². The van der Waals surface area contributed by atoms with Crippen LogP contribution in [-0.2, 0) is 11.3 Å². The number of hydrogen-bond donors (Lipinski definition) is 0. The molecule has 1 aliphatic carbocycles. The quantitative estimate of drug-likeness (QED) is 0.796. The highest BCUT2D eigenvalue weighted by Gasteiger charge is 2.36. The number of fused-ring (bicyclic) bond motifs is 1. The standard InChI is InChI=1S/C14H20ClN3O/c1-2-19-9-13-16-12(15)6-14(17-13)18-7-10-4-3-5-11(10)8-18/h6,10-11H,2-5,7-9H2,1H3. The van der Waals surface area contributed by atoms with E-state index in [1.54, 1.807) is 0 Å². The Hall–Kier alpha value is -0.870. The van der Waals surface area contributed by atoms with E-state index in [2.05, 4.69) is 14.9 Å². The summed E-state index contributed by atoms with van der Waals surface area (Å²) in [5, 5.41) is 0.511. The van der Waals surface area contributed by atoms with Gasteiger partial charge in [0.25, 0.3) is 0 Å². The Kier molecular flexibility index (Phi) is 3.89. The summed E-state index contributed by atoms with van der Waals surface area (Å²) in [5.74, 6) is 3.35. The molecule has 0 aromatic carbocycles. The Balaban J connectivity index is 1.75. The number of nitrogens with zero attached hydrogens (tertiary/aromatic N) is 3. The Bertz CT molecular complexity index is 442. The lowest BCUT2D eigenvalue weighted by Crippen LogP contribution is -2.22. The first-order valence-corrected chi connectivity index (χ1v) is 7.50. The van der Waals surface area contributed by atoms with Gasteiger partial charge in [0.15, 0.2) is 5.82 Å². The summed E-state index contributed by atoms with van der Waals surface area (Å²) in [4.78, 5) is 11.2. The van der Waals surface area contributed by atoms with E-state index in [1.807, 2.05) is 13.0 Å². The van der Waals surface area contributed by atoms with Crippen molar-refractivity contribution in [2.45, 2.75) is 32.8 Å². The Morgan fingerprint density at radius 2 is 2.05 bits per heavy atom. The van der Waals surface area contributed by atoms with Crippen molar-refractivity contribution in [2.75, 3.05) is 24.6 Å². The van der Waals surface area contributed by atoms with Gasteiger partial charge in [0.05, 0.1) is 0 Å². The fraction of sp³-hybridized carbons (Fsp3) is 0.714. The zero-order valence-corrected chi connectivity index (χ0v) is 12.1. The lowest BCUT2D eigenvalue weighted by Gasteiger charge is -2.19. The number of aromatic nitrogens is 2. The van der Waals surface area contributed by atoms with E-state index in [4.69, 9.17) is 16.3 Å². The fourth-order valence-corrected chi connectivity index (χ4v) is 3.49. The molecule has 104 valence electrons. The van der Waals surface area contributed by atoms with Crippen LogP contribution in [0, 0.1) is 11.8 Å². The molecule has 0 N–H and O–H groups in total. The van der Waals surface area contributed by atoms with Crippen LogP contribution in [0.2, 0.25) is 5.15 Å². The molecule has 0 radical (unpaired) electrons. The van der Waals surface area contributed by atoms with E-state index in [1.165, 1.54) is 19.3 Å². The third kappa shape index (κ3) is 2.84. The molecule has 0 amide bonds. The van der Waals surface area contributed by atoms with Crippen LogP contribution < -0.4 is 4.90 Å². The lowest BCUT2D eigenvalue weighted by molar-refractivity contribution is 0.128. The van der Waals surface area contributed by atoms with Crippen molar-refractivity contribution in [3.8, 4) is 0 Å². The molecule has 0 bridgehead atoms. The van der Waals surface area contributed by atoms with Crippen LogP contribution in [0.4, 0.5) is 5.82 Å². The van der Waals surface area contributed by atoms with Gasteiger partial charge in [-0.1, -0.05) is 18.0 Å². The molecule has 1 saturated heterocycles.